The quantitative estimate of drug-likeness (QED) is 0.409. The molecule has 0 bridgehead atoms. The van der Waals surface area contributed by atoms with Gasteiger partial charge in [-0.05, 0) is 6.92 Å². The molecule has 0 spiro atoms. The van der Waals surface area contributed by atoms with Crippen molar-refractivity contribution in [2.75, 3.05) is 0 Å². The first-order chi connectivity index (χ1) is 3.68. The van der Waals surface area contributed by atoms with Crippen LogP contribution in [0, 0.1) is 0 Å². The predicted molar refractivity (Wildman–Crippen MR) is 28.0 cm³/mol. The summed E-state index contributed by atoms with van der Waals surface area (Å²) in [7, 11) is 0. The third-order valence-electron chi connectivity index (χ3n) is 0.541. The summed E-state index contributed by atoms with van der Waals surface area (Å²) in [5, 5.41) is 8.43. The molecule has 3 nitrogen and oxygen atoms in total. The number of esters is 1. The molecule has 0 aliphatic carbocycles. The molecule has 0 heterocycles. The maximum atomic E-state index is 10.2. The van der Waals surface area contributed by atoms with E-state index in [9.17, 15) is 4.79 Å². The van der Waals surface area contributed by atoms with E-state index in [4.69, 9.17) is 5.11 Å². The maximum absolute atomic E-state index is 10.2. The Balaban J connectivity index is 3.48. The number of carbonyl (C=O) groups excluding carboxylic acids is 1. The van der Waals surface area contributed by atoms with Crippen LogP contribution in [0.4, 0.5) is 0 Å². The van der Waals surface area contributed by atoms with Gasteiger partial charge in [-0.2, -0.15) is 0 Å². The molecule has 0 aliphatic rings. The second-order valence-corrected chi connectivity index (χ2v) is 1.28. The zero-order valence-corrected chi connectivity index (χ0v) is 4.63. The Labute approximate surface area is 47.6 Å². The van der Waals surface area contributed by atoms with Crippen LogP contribution < -0.4 is 0 Å². The van der Waals surface area contributed by atoms with E-state index in [1.54, 1.807) is 0 Å². The van der Waals surface area contributed by atoms with Crippen molar-refractivity contribution in [2.45, 2.75) is 13.0 Å². The molecule has 0 amide bonds. The molecule has 0 rings (SSSR count). The van der Waals surface area contributed by atoms with Crippen molar-refractivity contribution in [1.29, 1.82) is 0 Å². The number of aliphatic hydroxyl groups excluding tert-OH is 1. The van der Waals surface area contributed by atoms with Crippen molar-refractivity contribution in [3.8, 4) is 0 Å². The van der Waals surface area contributed by atoms with Gasteiger partial charge in [0.1, 0.15) is 6.10 Å². The highest BCUT2D eigenvalue weighted by Crippen LogP contribution is 1.84. The molecule has 46 valence electrons. The average Bonchev–Trinajstić information content (AvgIpc) is 1.67. The van der Waals surface area contributed by atoms with Crippen LogP contribution in [0.5, 0.6) is 0 Å². The molecule has 0 aromatic heterocycles. The minimum Gasteiger partial charge on any atom is -0.433 e. The van der Waals surface area contributed by atoms with E-state index in [0.717, 1.165) is 6.26 Å². The van der Waals surface area contributed by atoms with Gasteiger partial charge in [0.2, 0.25) is 0 Å². The van der Waals surface area contributed by atoms with E-state index >= 15 is 0 Å². The third kappa shape index (κ3) is 2.36. The largest absolute Gasteiger partial charge is 0.433 e. The lowest BCUT2D eigenvalue weighted by atomic mass is 10.4. The van der Waals surface area contributed by atoms with E-state index < -0.39 is 12.1 Å². The van der Waals surface area contributed by atoms with Gasteiger partial charge in [0, 0.05) is 0 Å². The number of hydrogen-bond donors (Lipinski definition) is 1. The number of aliphatic hydroxyl groups is 1. The first-order valence-corrected chi connectivity index (χ1v) is 2.18. The highest BCUT2D eigenvalue weighted by atomic mass is 16.5. The zero-order chi connectivity index (χ0) is 6.57. The standard InChI is InChI=1S/C5H8O3/c1-3-8-5(7)4(2)6/h3-4,6H,1H2,2H3. The van der Waals surface area contributed by atoms with Crippen LogP contribution in [-0.4, -0.2) is 17.2 Å². The summed E-state index contributed by atoms with van der Waals surface area (Å²) in [6.07, 6.45) is -0.0808. The molecule has 1 N–H and O–H groups in total. The van der Waals surface area contributed by atoms with Crippen molar-refractivity contribution in [2.24, 2.45) is 0 Å². The van der Waals surface area contributed by atoms with Crippen molar-refractivity contribution in [1.82, 2.24) is 0 Å². The summed E-state index contributed by atoms with van der Waals surface area (Å²) in [6, 6.07) is 0. The number of rotatable bonds is 2. The first-order valence-electron chi connectivity index (χ1n) is 2.18. The Kier molecular flexibility index (Phi) is 2.88. The maximum Gasteiger partial charge on any atom is 0.339 e. The highest BCUT2D eigenvalue weighted by Gasteiger charge is 2.06. The van der Waals surface area contributed by atoms with Gasteiger partial charge >= 0.3 is 5.97 Å². The Morgan fingerprint density at radius 3 is 2.62 bits per heavy atom. The van der Waals surface area contributed by atoms with Crippen LogP contribution in [0.2, 0.25) is 0 Å². The molecule has 0 aromatic carbocycles. The summed E-state index contributed by atoms with van der Waals surface area (Å²) in [6.45, 7) is 4.45. The third-order valence-corrected chi connectivity index (χ3v) is 0.541. The van der Waals surface area contributed by atoms with Gasteiger partial charge in [-0.3, -0.25) is 0 Å². The molecular weight excluding hydrogens is 108 g/mol. The van der Waals surface area contributed by atoms with Crippen LogP contribution in [0.1, 0.15) is 6.92 Å². The zero-order valence-electron chi connectivity index (χ0n) is 4.63. The monoisotopic (exact) mass is 116 g/mol. The normalized spacial score (nSPS) is 12.2. The van der Waals surface area contributed by atoms with Gasteiger partial charge in [-0.1, -0.05) is 6.58 Å². The van der Waals surface area contributed by atoms with E-state index in [2.05, 4.69) is 11.3 Å². The van der Waals surface area contributed by atoms with Crippen molar-refractivity contribution >= 4 is 5.97 Å². The van der Waals surface area contributed by atoms with E-state index in [1.807, 2.05) is 0 Å². The van der Waals surface area contributed by atoms with Crippen LogP contribution >= 0.6 is 0 Å². The SMILES string of the molecule is C=COC(=O)C(C)O. The molecule has 0 saturated heterocycles. The van der Waals surface area contributed by atoms with Gasteiger partial charge in [-0.15, -0.1) is 0 Å². The van der Waals surface area contributed by atoms with Crippen LogP contribution in [0.25, 0.3) is 0 Å². The van der Waals surface area contributed by atoms with Crippen molar-refractivity contribution in [3.63, 3.8) is 0 Å². The molecule has 0 fully saturated rings. The van der Waals surface area contributed by atoms with Gasteiger partial charge in [-0.25, -0.2) is 4.79 Å². The van der Waals surface area contributed by atoms with Gasteiger partial charge in [0.25, 0.3) is 0 Å². The Morgan fingerprint density at radius 2 is 2.50 bits per heavy atom. The van der Waals surface area contributed by atoms with Crippen molar-refractivity contribution in [3.05, 3.63) is 12.8 Å². The van der Waals surface area contributed by atoms with E-state index in [1.165, 1.54) is 6.92 Å². The lowest BCUT2D eigenvalue weighted by molar-refractivity contribution is -0.146. The summed E-state index contributed by atoms with van der Waals surface area (Å²) in [5.74, 6) is -0.681. The second kappa shape index (κ2) is 3.21. The van der Waals surface area contributed by atoms with E-state index in [-0.39, 0.29) is 0 Å². The lowest BCUT2D eigenvalue weighted by Crippen LogP contribution is -2.16. The molecule has 0 saturated carbocycles. The summed E-state index contributed by atoms with van der Waals surface area (Å²) in [4.78, 5) is 10.2. The number of carbonyl (C=O) groups is 1. The van der Waals surface area contributed by atoms with Gasteiger partial charge in [0.05, 0.1) is 6.26 Å². The molecule has 1 unspecified atom stereocenters. The smallest absolute Gasteiger partial charge is 0.339 e. The topological polar surface area (TPSA) is 46.5 Å². The van der Waals surface area contributed by atoms with E-state index in [0.29, 0.717) is 0 Å². The number of hydrogen-bond acceptors (Lipinski definition) is 3. The summed E-state index contributed by atoms with van der Waals surface area (Å²) < 4.78 is 4.18. The molecular formula is C5H8O3. The van der Waals surface area contributed by atoms with Gasteiger partial charge < -0.3 is 9.84 Å². The highest BCUT2D eigenvalue weighted by molar-refractivity contribution is 5.74. The predicted octanol–water partition coefficient (Wildman–Crippen LogP) is 0.0539. The molecule has 0 radical (unpaired) electrons. The Bertz CT molecular complexity index is 95.8. The fraction of sp³-hybridized carbons (Fsp3) is 0.400. The fourth-order valence-corrected chi connectivity index (χ4v) is 0.181. The average molecular weight is 116 g/mol. The Morgan fingerprint density at radius 1 is 2.00 bits per heavy atom. The van der Waals surface area contributed by atoms with Crippen LogP contribution in [0.3, 0.4) is 0 Å². The minimum absolute atomic E-state index is 0.681. The second-order valence-electron chi connectivity index (χ2n) is 1.28. The molecule has 3 heteroatoms. The summed E-state index contributed by atoms with van der Waals surface area (Å²) in [5.41, 5.74) is 0. The van der Waals surface area contributed by atoms with Crippen LogP contribution in [0.15, 0.2) is 12.8 Å². The molecule has 8 heavy (non-hydrogen) atoms. The van der Waals surface area contributed by atoms with Crippen molar-refractivity contribution < 1.29 is 14.6 Å². The number of ether oxygens (including phenoxy) is 1. The Hall–Kier alpha value is -0.830. The van der Waals surface area contributed by atoms with Crippen LogP contribution in [-0.2, 0) is 9.53 Å². The fourth-order valence-electron chi connectivity index (χ4n) is 0.181. The lowest BCUT2D eigenvalue weighted by Gasteiger charge is -1.98. The first kappa shape index (κ1) is 7.17. The molecule has 0 aromatic rings. The minimum atomic E-state index is -1.06. The van der Waals surface area contributed by atoms with Gasteiger partial charge in [0.15, 0.2) is 0 Å². The molecule has 1 atom stereocenters. The molecule has 0 aliphatic heterocycles. The summed E-state index contributed by atoms with van der Waals surface area (Å²) >= 11 is 0.